The standard InChI is InChI=1S/C23H43O5P.C9H19O5P.C8H16O5S.C7H13IO2.C7H14O3.C6H15O5P.C5H11O4P.2CH3F.CH4O.BH.U/c1-3-4-5-6-7-8-9-10-11-12-13-14-15-16-17-18-23(24)27-19-22-20-28-29(25,21-22)26-2;1-9(2)13-5-8(6-14-9)7-15(10,11-3)12-4;1-8(2)11-4-7(5-12-8)6-13-14(3,9)10;2*1-7(2)9-4-6(3-8)5-10-7;1-10-12(9,11-2)5-6(3-7)4-8;1-8-10(7)4-5(2-6)3-9-10;3*1-2;;/h10-11,22H,3-9,12-21H2,1-2H3;8H,5-7H2,1-4H3;7H,4-6H2,1-3H3;6H,3-5H2,1-2H3;6,8H,3-5H2,1-2H3;6-8H,3-5H2,1-2H3;5-6H,2-4H2,1H3;2*1H3;2H,1H3;1H;/b11-10-;;;;;;;;;;;/i;;;;;;;2*1D;;1D;. The van der Waals surface area contributed by atoms with Gasteiger partial charge in [-0.05, 0) is 88.8 Å². The van der Waals surface area contributed by atoms with Crippen molar-refractivity contribution in [2.45, 2.75) is 175 Å². The number of carbonyl (C=O) groups is 1. The molecule has 0 aromatic rings. The van der Waals surface area contributed by atoms with Crippen molar-refractivity contribution in [3.05, 3.63) is 12.2 Å². The van der Waals surface area contributed by atoms with Crippen molar-refractivity contribution in [1.82, 2.24) is 0 Å². The minimum atomic E-state index is -3.36. The summed E-state index contributed by atoms with van der Waals surface area (Å²) in [7, 11) is -4.28. The summed E-state index contributed by atoms with van der Waals surface area (Å²) in [5, 5.41) is 41.7. The van der Waals surface area contributed by atoms with Gasteiger partial charge in [0.25, 0.3) is 10.1 Å². The number of esters is 1. The van der Waals surface area contributed by atoms with Crippen LogP contribution in [-0.2, 0) is 116 Å². The zero-order chi connectivity index (χ0) is 85.4. The van der Waals surface area contributed by atoms with E-state index in [2.05, 4.69) is 67.8 Å². The molecule has 0 saturated carbocycles. The van der Waals surface area contributed by atoms with Gasteiger partial charge in [-0.3, -0.25) is 36.0 Å². The Morgan fingerprint density at radius 3 is 1.24 bits per heavy atom. The van der Waals surface area contributed by atoms with Crippen LogP contribution in [0.1, 0.15) is 155 Å². The van der Waals surface area contributed by atoms with Gasteiger partial charge in [-0.25, -0.2) is 0 Å². The Hall–Kier alpha value is 0.907. The Balaban J connectivity index is -0.000000293. The van der Waals surface area contributed by atoms with Crippen LogP contribution in [0.5, 0.6) is 0 Å². The summed E-state index contributed by atoms with van der Waals surface area (Å²) < 4.78 is 197. The smallest absolute Gasteiger partial charge is 0.330 e. The maximum absolute atomic E-state index is 11.9. The van der Waals surface area contributed by atoms with Gasteiger partial charge in [0.05, 0.1) is 134 Å². The maximum atomic E-state index is 11.9. The van der Waals surface area contributed by atoms with Crippen LogP contribution >= 0.6 is 53.0 Å². The van der Waals surface area contributed by atoms with Crippen LogP contribution in [0.25, 0.3) is 0 Å². The Kier molecular flexibility index (Phi) is 72.0. The number of hydrogen-bond donors (Lipinski definition) is 5. The van der Waals surface area contributed by atoms with E-state index in [1.165, 1.54) is 113 Å². The molecule has 0 aromatic carbocycles. The van der Waals surface area contributed by atoms with Crippen LogP contribution in [-0.4, -0.2) is 278 Å². The van der Waals surface area contributed by atoms with E-state index in [0.29, 0.717) is 83.7 Å². The average molecular weight is 2010 g/mol. The maximum Gasteiger partial charge on any atom is 0.330 e. The summed E-state index contributed by atoms with van der Waals surface area (Å²) in [5.74, 6) is -1.75. The van der Waals surface area contributed by atoms with E-state index in [-0.39, 0.29) is 118 Å². The van der Waals surface area contributed by atoms with Gasteiger partial charge in [-0.15, -0.1) is 0 Å². The number of halogens is 3. The molecule has 0 aliphatic carbocycles. The van der Waals surface area contributed by atoms with E-state index in [9.17, 15) is 40.3 Å². The molecule has 6 fully saturated rings. The topological polar surface area (TPSA) is 387 Å². The summed E-state index contributed by atoms with van der Waals surface area (Å²) in [6.07, 6.45) is 23.4. The number of allylic oxidation sites excluding steroid dienone is 2. The number of ether oxygens (including phenoxy) is 9. The second kappa shape index (κ2) is 68.8. The summed E-state index contributed by atoms with van der Waals surface area (Å²) >= 11 is 2.36. The number of rotatable bonds is 35. The first kappa shape index (κ1) is 113. The number of carbonyl (C=O) groups excluding carboxylic acids is 1. The average Bonchev–Trinajstić information content (AvgIpc) is 1.67. The van der Waals surface area contributed by atoms with E-state index >= 15 is 0 Å². The molecular weight excluding hydrogens is 1870 g/mol. The third-order valence-electron chi connectivity index (χ3n) is 15.8. The summed E-state index contributed by atoms with van der Waals surface area (Å²) in [6.45, 7) is 22.9. The van der Waals surface area contributed by atoms with Crippen LogP contribution in [0.15, 0.2) is 12.2 Å². The fourth-order valence-electron chi connectivity index (χ4n) is 9.15. The molecule has 0 amide bonds. The molecular formula is C68H142BF2IO30P4SU. The molecule has 4 atom stereocenters. The normalized spacial score (nSPS) is 22.6. The Morgan fingerprint density at radius 1 is 0.565 bits per heavy atom. The van der Waals surface area contributed by atoms with Gasteiger partial charge >= 0.3 is 36.4 Å². The fraction of sp³-hybridized carbons (Fsp3) is 0.956. The van der Waals surface area contributed by atoms with Gasteiger partial charge in [0, 0.05) is 161 Å². The predicted octanol–water partition coefficient (Wildman–Crippen LogP) is 12.2. The summed E-state index contributed by atoms with van der Waals surface area (Å²) in [4.78, 5) is 11.8. The number of hydrogen-bond acceptors (Lipinski definition) is 30. The van der Waals surface area contributed by atoms with Gasteiger partial charge in [-0.1, -0.05) is 93.0 Å². The quantitative estimate of drug-likeness (QED) is 0.00575. The third-order valence-corrected chi connectivity index (χ3v) is 25.9. The molecule has 30 nitrogen and oxygen atoms in total. The molecule has 648 valence electrons. The van der Waals surface area contributed by atoms with Crippen LogP contribution in [0.2, 0.25) is 0 Å². The predicted molar refractivity (Wildman–Crippen MR) is 420 cm³/mol. The van der Waals surface area contributed by atoms with Crippen molar-refractivity contribution in [1.29, 1.82) is 1.34 Å². The zero-order valence-corrected chi connectivity index (χ0v) is 78.4. The SMILES string of the molecule is CC1(C)OCC(CI)CO1.CC1(C)OCC(CO)CO1.CC1(C)OCC(COS(C)(=O)=O)CO1.CCCCCCCC/C=C\CCCCCCCC(=O)OCC1COP(=O)(OC)C1.CO.COP(=O)(CC(CO)CO)OC.COP(=O)(CC1COC(C)(C)OC1)OC.COP1(=O)CC(CO)CO1.[2H]CF.[2H]CF.[2H][B].[U]. The summed E-state index contributed by atoms with van der Waals surface area (Å²) in [5.41, 5.74) is 0. The fourth-order valence-corrected chi connectivity index (χ4v) is 16.0. The number of unbranched alkanes of at least 4 members (excludes halogenated alkanes) is 11. The van der Waals surface area contributed by atoms with E-state index in [4.69, 9.17) is 94.9 Å². The molecule has 6 aliphatic heterocycles. The molecule has 108 heavy (non-hydrogen) atoms. The minimum absolute atomic E-state index is 0. The van der Waals surface area contributed by atoms with Crippen LogP contribution < -0.4 is 0 Å². The van der Waals surface area contributed by atoms with Gasteiger partial charge in [-0.2, -0.15) is 8.42 Å². The molecule has 6 rings (SSSR count). The summed E-state index contributed by atoms with van der Waals surface area (Å²) in [6, 6.07) is 0. The van der Waals surface area contributed by atoms with E-state index < -0.39 is 78.1 Å². The molecule has 40 heteroatoms. The second-order valence-corrected chi connectivity index (χ2v) is 38.5. The molecule has 6 heterocycles. The molecule has 4 unspecified atom stereocenters. The number of alkyl halides is 3. The van der Waals surface area contributed by atoms with Gasteiger partial charge in [0.1, 0.15) is 0 Å². The monoisotopic (exact) mass is 2010 g/mol. The van der Waals surface area contributed by atoms with E-state index in [1.54, 1.807) is 0 Å². The first-order valence-electron chi connectivity index (χ1n) is 37.6. The van der Waals surface area contributed by atoms with Gasteiger partial charge in [0.2, 0.25) is 0 Å². The Labute approximate surface area is 690 Å². The molecule has 5 N–H and O–H groups in total. The zero-order valence-electron chi connectivity index (χ0n) is 70.7. The van der Waals surface area contributed by atoms with Crippen LogP contribution in [0.3, 0.4) is 0 Å². The molecule has 0 bridgehead atoms. The van der Waals surface area contributed by atoms with E-state index in [1.807, 2.05) is 55.4 Å². The largest absolute Gasteiger partial charge is 0.465 e. The second-order valence-electron chi connectivity index (χ2n) is 26.9. The van der Waals surface area contributed by atoms with Crippen molar-refractivity contribution in [3.8, 4) is 0 Å². The molecule has 0 aromatic heterocycles. The Morgan fingerprint density at radius 2 is 0.907 bits per heavy atom. The third kappa shape index (κ3) is 64.0. The van der Waals surface area contributed by atoms with E-state index in [0.717, 1.165) is 43.8 Å². The van der Waals surface area contributed by atoms with Crippen molar-refractivity contribution >= 4 is 77.4 Å². The number of aliphatic hydroxyl groups is 5. The molecule has 6 aliphatic rings. The van der Waals surface area contributed by atoms with Crippen LogP contribution in [0.4, 0.5) is 8.78 Å². The first-order valence-corrected chi connectivity index (χ1v) is 45.9. The molecule has 0 spiro atoms. The van der Waals surface area contributed by atoms with Gasteiger partial charge in [0.15, 0.2) is 23.1 Å². The van der Waals surface area contributed by atoms with Crippen molar-refractivity contribution in [3.63, 3.8) is 0 Å². The number of aliphatic hydroxyl groups excluding tert-OH is 5. The minimum Gasteiger partial charge on any atom is -0.465 e. The first-order chi connectivity index (χ1) is 51.7. The molecule has 6 saturated heterocycles. The van der Waals surface area contributed by atoms with Crippen molar-refractivity contribution in [2.75, 3.05) is 205 Å². The van der Waals surface area contributed by atoms with Gasteiger partial charge < -0.3 is 104 Å². The van der Waals surface area contributed by atoms with Crippen LogP contribution in [0, 0.1) is 72.5 Å². The van der Waals surface area contributed by atoms with Crippen molar-refractivity contribution < 1.29 is 183 Å². The van der Waals surface area contributed by atoms with Crippen molar-refractivity contribution in [2.24, 2.45) is 41.4 Å². The Bertz CT molecular complexity index is 2460. The molecule has 2 radical (unpaired) electrons.